The van der Waals surface area contributed by atoms with Crippen molar-refractivity contribution in [1.82, 2.24) is 0 Å². The summed E-state index contributed by atoms with van der Waals surface area (Å²) in [6, 6.07) is 3.66. The Balaban J connectivity index is 2.95. The number of carbonyl (C=O) groups is 4. The minimum atomic E-state index is -1.06. The van der Waals surface area contributed by atoms with Crippen molar-refractivity contribution in [1.29, 1.82) is 0 Å². The maximum atomic E-state index is 12.7. The molecule has 0 saturated carbocycles. The fraction of sp³-hybridized carbons (Fsp3) is 0.677. The van der Waals surface area contributed by atoms with Crippen molar-refractivity contribution < 1.29 is 42.9 Å². The third-order valence-electron chi connectivity index (χ3n) is 6.90. The summed E-state index contributed by atoms with van der Waals surface area (Å²) in [4.78, 5) is 49.9. The van der Waals surface area contributed by atoms with Gasteiger partial charge in [0.15, 0.2) is 11.5 Å². The summed E-state index contributed by atoms with van der Waals surface area (Å²) in [5.74, 6) is -1.91. The molecule has 0 aromatic heterocycles. The topological polar surface area (TPSA) is 140 Å². The van der Waals surface area contributed by atoms with E-state index in [1.807, 2.05) is 27.7 Å². The van der Waals surface area contributed by atoms with E-state index >= 15 is 0 Å². The van der Waals surface area contributed by atoms with E-state index in [1.54, 1.807) is 40.7 Å². The Morgan fingerprint density at radius 2 is 1.17 bits per heavy atom. The van der Waals surface area contributed by atoms with Crippen LogP contribution < -0.4 is 15.2 Å². The molecule has 1 aromatic rings. The van der Waals surface area contributed by atoms with Crippen molar-refractivity contribution >= 4 is 24.1 Å². The first-order valence-electron chi connectivity index (χ1n) is 14.6. The van der Waals surface area contributed by atoms with Gasteiger partial charge in [0.1, 0.15) is 24.4 Å². The van der Waals surface area contributed by atoms with Gasteiger partial charge < -0.3 is 29.4 Å². The van der Waals surface area contributed by atoms with Crippen LogP contribution >= 0.6 is 0 Å². The highest BCUT2D eigenvalue weighted by Gasteiger charge is 2.27. The number of hydrogen-bond donors (Lipinski definition) is 1. The minimum absolute atomic E-state index is 0.0598. The van der Waals surface area contributed by atoms with Gasteiger partial charge in [0.25, 0.3) is 0 Å². The Morgan fingerprint density at radius 1 is 0.683 bits per heavy atom. The number of benzene rings is 1. The van der Waals surface area contributed by atoms with Crippen LogP contribution in [-0.2, 0) is 35.0 Å². The number of nitrogens with two attached hydrogens (primary N) is 1. The zero-order valence-corrected chi connectivity index (χ0v) is 26.1. The van der Waals surface area contributed by atoms with Crippen LogP contribution in [0.25, 0.3) is 0 Å². The largest absolute Gasteiger partial charge is 0.508 e. The Morgan fingerprint density at radius 3 is 1.68 bits per heavy atom. The normalized spacial score (nSPS) is 15.6. The second-order valence-electron chi connectivity index (χ2n) is 11.1. The molecule has 4 unspecified atom stereocenters. The van der Waals surface area contributed by atoms with Gasteiger partial charge in [-0.1, -0.05) is 60.5 Å². The van der Waals surface area contributed by atoms with Crippen LogP contribution in [0, 0.1) is 17.8 Å². The van der Waals surface area contributed by atoms with E-state index in [0.29, 0.717) is 18.4 Å². The molecule has 0 radical (unpaired) electrons. The van der Waals surface area contributed by atoms with Crippen molar-refractivity contribution in [3.05, 3.63) is 23.8 Å². The van der Waals surface area contributed by atoms with E-state index < -0.39 is 42.3 Å². The summed E-state index contributed by atoms with van der Waals surface area (Å²) in [7, 11) is 0. The van der Waals surface area contributed by atoms with Gasteiger partial charge in [-0.15, -0.1) is 0 Å². The Kier molecular flexibility index (Phi) is 15.4. The number of esters is 3. The maximum absolute atomic E-state index is 12.7. The van der Waals surface area contributed by atoms with Gasteiger partial charge in [-0.2, -0.15) is 0 Å². The first-order valence-corrected chi connectivity index (χ1v) is 14.6. The van der Waals surface area contributed by atoms with Gasteiger partial charge in [0.2, 0.25) is 0 Å². The summed E-state index contributed by atoms with van der Waals surface area (Å²) >= 11 is 0. The predicted octanol–water partition coefficient (Wildman–Crippen LogP) is 5.76. The standard InChI is InChI=1S/C31H49NO9/c1-10-12-19(5)28(33)40-26-15-14-24(17-27(26)41-29(34)20(6)13-11-2)16-25(32)30(35)37-22(8)23(9)39-31(36)38-21(7)18(3)4/h14-15,17-23,25H,10-13,16,32H2,1-9H3/t19?,20?,21?,22-,23?,25-/m0/s1. The minimum Gasteiger partial charge on any atom is -0.458 e. The highest BCUT2D eigenvalue weighted by Crippen LogP contribution is 2.31. The van der Waals surface area contributed by atoms with Gasteiger partial charge in [0, 0.05) is 0 Å². The fourth-order valence-electron chi connectivity index (χ4n) is 3.63. The predicted molar refractivity (Wildman–Crippen MR) is 154 cm³/mol. The summed E-state index contributed by atoms with van der Waals surface area (Å²) < 4.78 is 27.0. The first-order chi connectivity index (χ1) is 19.2. The molecule has 0 heterocycles. The molecule has 0 aliphatic rings. The Hall–Kier alpha value is -3.14. The quantitative estimate of drug-likeness (QED) is 0.190. The second kappa shape index (κ2) is 17.6. The molecular formula is C31H49NO9. The third kappa shape index (κ3) is 12.5. The zero-order valence-electron chi connectivity index (χ0n) is 26.1. The molecule has 232 valence electrons. The van der Waals surface area contributed by atoms with Crippen LogP contribution in [0.5, 0.6) is 11.5 Å². The summed E-state index contributed by atoms with van der Waals surface area (Å²) in [6.07, 6.45) is 0.292. The van der Waals surface area contributed by atoms with Gasteiger partial charge in [-0.3, -0.25) is 14.4 Å². The first kappa shape index (κ1) is 35.9. The Labute approximate surface area is 244 Å². The van der Waals surface area contributed by atoms with Crippen LogP contribution in [0.2, 0.25) is 0 Å². The van der Waals surface area contributed by atoms with Gasteiger partial charge in [0.05, 0.1) is 11.8 Å². The van der Waals surface area contributed by atoms with Crippen molar-refractivity contribution in [2.75, 3.05) is 0 Å². The van der Waals surface area contributed by atoms with Crippen LogP contribution in [0.4, 0.5) is 4.79 Å². The SMILES string of the molecule is CCCC(C)C(=O)Oc1ccc(C[C@H](N)C(=O)O[C@@H](C)C(C)OC(=O)OC(C)C(C)C)cc1OC(=O)C(C)CCC. The smallest absolute Gasteiger partial charge is 0.458 e. The lowest BCUT2D eigenvalue weighted by molar-refractivity contribution is -0.156. The molecule has 0 amide bonds. The highest BCUT2D eigenvalue weighted by molar-refractivity contribution is 5.79. The molecule has 1 rings (SSSR count). The molecule has 10 nitrogen and oxygen atoms in total. The summed E-state index contributed by atoms with van der Waals surface area (Å²) in [5, 5.41) is 0. The zero-order chi connectivity index (χ0) is 31.3. The molecule has 0 aliphatic heterocycles. The molecular weight excluding hydrogens is 530 g/mol. The second-order valence-corrected chi connectivity index (χ2v) is 11.1. The third-order valence-corrected chi connectivity index (χ3v) is 6.90. The van der Waals surface area contributed by atoms with Crippen LogP contribution in [-0.4, -0.2) is 48.4 Å². The Bertz CT molecular complexity index is 1010. The molecule has 10 heteroatoms. The maximum Gasteiger partial charge on any atom is 0.508 e. The van der Waals surface area contributed by atoms with Gasteiger partial charge in [-0.05, 0) is 63.6 Å². The van der Waals surface area contributed by atoms with Crippen molar-refractivity contribution in [2.45, 2.75) is 119 Å². The molecule has 0 bridgehead atoms. The van der Waals surface area contributed by atoms with Crippen molar-refractivity contribution in [3.8, 4) is 11.5 Å². The van der Waals surface area contributed by atoms with Gasteiger partial charge >= 0.3 is 24.1 Å². The number of hydrogen-bond acceptors (Lipinski definition) is 10. The van der Waals surface area contributed by atoms with E-state index in [0.717, 1.165) is 12.8 Å². The van der Waals surface area contributed by atoms with Crippen LogP contribution in [0.3, 0.4) is 0 Å². The molecule has 0 saturated heterocycles. The molecule has 1 aromatic carbocycles. The lowest BCUT2D eigenvalue weighted by Gasteiger charge is -2.23. The fourth-order valence-corrected chi connectivity index (χ4v) is 3.63. The summed E-state index contributed by atoms with van der Waals surface area (Å²) in [6.45, 7) is 16.3. The van der Waals surface area contributed by atoms with E-state index in [1.165, 1.54) is 12.1 Å². The van der Waals surface area contributed by atoms with Crippen molar-refractivity contribution in [2.24, 2.45) is 23.5 Å². The number of rotatable bonds is 16. The number of ether oxygens (including phenoxy) is 5. The van der Waals surface area contributed by atoms with Crippen molar-refractivity contribution in [3.63, 3.8) is 0 Å². The monoisotopic (exact) mass is 579 g/mol. The lowest BCUT2D eigenvalue weighted by atomic mass is 10.0. The van der Waals surface area contributed by atoms with E-state index in [9.17, 15) is 19.2 Å². The molecule has 0 fully saturated rings. The lowest BCUT2D eigenvalue weighted by Crippen LogP contribution is -2.39. The van der Waals surface area contributed by atoms with E-state index in [4.69, 9.17) is 29.4 Å². The number of carbonyl (C=O) groups excluding carboxylic acids is 4. The average Bonchev–Trinajstić information content (AvgIpc) is 2.89. The molecule has 41 heavy (non-hydrogen) atoms. The molecule has 6 atom stereocenters. The molecule has 2 N–H and O–H groups in total. The molecule has 0 spiro atoms. The van der Waals surface area contributed by atoms with E-state index in [2.05, 4.69) is 0 Å². The average molecular weight is 580 g/mol. The summed E-state index contributed by atoms with van der Waals surface area (Å²) in [5.41, 5.74) is 6.70. The van der Waals surface area contributed by atoms with Crippen LogP contribution in [0.15, 0.2) is 18.2 Å². The molecule has 0 aliphatic carbocycles. The highest BCUT2D eigenvalue weighted by atomic mass is 16.7. The van der Waals surface area contributed by atoms with E-state index in [-0.39, 0.29) is 41.8 Å². The van der Waals surface area contributed by atoms with Gasteiger partial charge in [-0.25, -0.2) is 4.79 Å². The van der Waals surface area contributed by atoms with Crippen LogP contribution in [0.1, 0.15) is 93.6 Å².